The zero-order chi connectivity index (χ0) is 19.6. The van der Waals surface area contributed by atoms with Crippen LogP contribution >= 0.6 is 15.9 Å². The van der Waals surface area contributed by atoms with Crippen molar-refractivity contribution in [3.05, 3.63) is 33.0 Å². The van der Waals surface area contributed by atoms with Gasteiger partial charge >= 0.3 is 5.97 Å². The number of phenols is 1. The molecule has 1 heterocycles. The van der Waals surface area contributed by atoms with Gasteiger partial charge in [0.05, 0.1) is 0 Å². The molecule has 1 N–H and O–H groups in total. The molecule has 2 aliphatic rings. The van der Waals surface area contributed by atoms with Crippen molar-refractivity contribution in [1.29, 1.82) is 0 Å². The van der Waals surface area contributed by atoms with Gasteiger partial charge in [-0.05, 0) is 35.8 Å². The number of carbonyl (C=O) groups is 2. The van der Waals surface area contributed by atoms with E-state index in [0.29, 0.717) is 27.8 Å². The number of hydrogen-bond acceptors (Lipinski definition) is 5. The number of allylic oxidation sites excluding steroid dienone is 1. The van der Waals surface area contributed by atoms with Crippen LogP contribution in [0.2, 0.25) is 0 Å². The van der Waals surface area contributed by atoms with Crippen LogP contribution < -0.4 is 4.74 Å². The third kappa shape index (κ3) is 3.80. The average Bonchev–Trinajstić information content (AvgIpc) is 2.75. The molecule has 0 aromatic heterocycles. The molecule has 5 nitrogen and oxygen atoms in total. The number of carbonyl (C=O) groups excluding carboxylic acids is 2. The molecule has 2 atom stereocenters. The summed E-state index contributed by atoms with van der Waals surface area (Å²) in [5.41, 5.74) is 1.12. The molecule has 1 aliphatic heterocycles. The van der Waals surface area contributed by atoms with E-state index in [-0.39, 0.29) is 28.8 Å². The number of ether oxygens (including phenoxy) is 2. The number of benzene rings is 1. The molecule has 142 valence electrons. The number of halogens is 1. The lowest BCUT2D eigenvalue weighted by atomic mass is 9.86. The maximum atomic E-state index is 12.4. The smallest absolute Gasteiger partial charge is 0.348 e. The van der Waals surface area contributed by atoms with E-state index in [1.807, 2.05) is 6.92 Å². The number of ketones is 1. The molecule has 2 unspecified atom stereocenters. The summed E-state index contributed by atoms with van der Waals surface area (Å²) in [6.45, 7) is 9.55. The van der Waals surface area contributed by atoms with Crippen LogP contribution in [0.1, 0.15) is 62.9 Å². The van der Waals surface area contributed by atoms with E-state index in [4.69, 9.17) is 9.47 Å². The quantitative estimate of drug-likeness (QED) is 0.636. The van der Waals surface area contributed by atoms with E-state index in [9.17, 15) is 14.7 Å². The molecular weight excluding hydrogens is 400 g/mol. The molecule has 0 spiro atoms. The van der Waals surface area contributed by atoms with Gasteiger partial charge in [-0.2, -0.15) is 0 Å². The SMILES string of the molecule is CC1=C2OC(=O)c3c(Br)cc(O)c(C)c3OC2C(C)CC1=O.CCCC. The molecular formula is C20H25BrO5. The zero-order valence-corrected chi connectivity index (χ0v) is 17.4. The van der Waals surface area contributed by atoms with Crippen LogP contribution in [0.3, 0.4) is 0 Å². The second kappa shape index (κ2) is 8.25. The lowest BCUT2D eigenvalue weighted by Crippen LogP contribution is -2.35. The minimum absolute atomic E-state index is 0.0297. The summed E-state index contributed by atoms with van der Waals surface area (Å²) in [6, 6.07) is 1.43. The third-order valence-electron chi connectivity index (χ3n) is 4.68. The Bertz CT molecular complexity index is 764. The van der Waals surface area contributed by atoms with Crippen molar-refractivity contribution in [2.45, 2.75) is 60.0 Å². The fourth-order valence-corrected chi connectivity index (χ4v) is 3.35. The first-order valence-electron chi connectivity index (χ1n) is 8.87. The van der Waals surface area contributed by atoms with Gasteiger partial charge in [-0.15, -0.1) is 0 Å². The topological polar surface area (TPSA) is 72.8 Å². The van der Waals surface area contributed by atoms with Crippen molar-refractivity contribution in [3.8, 4) is 11.5 Å². The Labute approximate surface area is 162 Å². The van der Waals surface area contributed by atoms with Crippen LogP contribution in [-0.4, -0.2) is 23.0 Å². The minimum Gasteiger partial charge on any atom is -0.507 e. The third-order valence-corrected chi connectivity index (χ3v) is 5.30. The number of aromatic hydroxyl groups is 1. The first-order valence-corrected chi connectivity index (χ1v) is 9.66. The van der Waals surface area contributed by atoms with Crippen molar-refractivity contribution in [3.63, 3.8) is 0 Å². The van der Waals surface area contributed by atoms with Gasteiger partial charge in [0.1, 0.15) is 17.1 Å². The van der Waals surface area contributed by atoms with Gasteiger partial charge in [-0.25, -0.2) is 4.79 Å². The lowest BCUT2D eigenvalue weighted by molar-refractivity contribution is -0.118. The van der Waals surface area contributed by atoms with Crippen LogP contribution in [0.4, 0.5) is 0 Å². The van der Waals surface area contributed by atoms with Gasteiger partial charge in [0.2, 0.25) is 0 Å². The molecule has 0 bridgehead atoms. The van der Waals surface area contributed by atoms with Crippen molar-refractivity contribution in [1.82, 2.24) is 0 Å². The van der Waals surface area contributed by atoms with Gasteiger partial charge in [0.25, 0.3) is 0 Å². The number of fused-ring (bicyclic) bond motifs is 2. The van der Waals surface area contributed by atoms with E-state index in [2.05, 4.69) is 29.8 Å². The van der Waals surface area contributed by atoms with Gasteiger partial charge < -0.3 is 14.6 Å². The molecule has 3 rings (SSSR count). The summed E-state index contributed by atoms with van der Waals surface area (Å²) in [6.07, 6.45) is 2.46. The van der Waals surface area contributed by atoms with E-state index in [1.165, 1.54) is 18.9 Å². The predicted octanol–water partition coefficient (Wildman–Crippen LogP) is 5.07. The molecule has 1 aromatic carbocycles. The maximum absolute atomic E-state index is 12.4. The number of hydrogen-bond donors (Lipinski definition) is 1. The standard InChI is InChI=1S/C16H15BrO5.C4H10/c1-6-4-10(18)8(3)15-13(6)21-14-7(2)11(19)5-9(17)12(14)16(20)22-15;1-3-4-2/h5-6,13,19H,4H2,1-3H3;3-4H2,1-2H3. The summed E-state index contributed by atoms with van der Waals surface area (Å²) in [5.74, 6) is -0.155. The highest BCUT2D eigenvalue weighted by molar-refractivity contribution is 9.10. The first kappa shape index (κ1) is 20.5. The molecule has 1 aliphatic carbocycles. The van der Waals surface area contributed by atoms with E-state index < -0.39 is 12.1 Å². The van der Waals surface area contributed by atoms with E-state index in [0.717, 1.165) is 0 Å². The fraction of sp³-hybridized carbons (Fsp3) is 0.500. The van der Waals surface area contributed by atoms with Crippen molar-refractivity contribution in [2.75, 3.05) is 0 Å². The van der Waals surface area contributed by atoms with Crippen molar-refractivity contribution in [2.24, 2.45) is 5.92 Å². The molecule has 0 fully saturated rings. The van der Waals surface area contributed by atoms with Gasteiger partial charge in [0.15, 0.2) is 17.6 Å². The predicted molar refractivity (Wildman–Crippen MR) is 102 cm³/mol. The summed E-state index contributed by atoms with van der Waals surface area (Å²) in [5, 5.41) is 9.96. The minimum atomic E-state index is -0.594. The molecule has 0 amide bonds. The van der Waals surface area contributed by atoms with Crippen LogP contribution in [0, 0.1) is 12.8 Å². The second-order valence-corrected chi connectivity index (χ2v) is 7.58. The highest BCUT2D eigenvalue weighted by Crippen LogP contribution is 2.43. The van der Waals surface area contributed by atoms with E-state index in [1.54, 1.807) is 13.8 Å². The van der Waals surface area contributed by atoms with Crippen LogP contribution in [0.15, 0.2) is 21.9 Å². The second-order valence-electron chi connectivity index (χ2n) is 6.73. The molecule has 0 radical (unpaired) electrons. The number of unbranched alkanes of at least 4 members (excludes halogenated alkanes) is 1. The molecule has 0 saturated carbocycles. The Morgan fingerprint density at radius 1 is 1.23 bits per heavy atom. The van der Waals surface area contributed by atoms with E-state index >= 15 is 0 Å². The number of Topliss-reactive ketones (excluding diaryl/α,β-unsaturated/α-hetero) is 1. The van der Waals surface area contributed by atoms with Crippen molar-refractivity contribution >= 4 is 27.7 Å². The summed E-state index contributed by atoms with van der Waals surface area (Å²) >= 11 is 3.26. The van der Waals surface area contributed by atoms with Crippen LogP contribution in [0.25, 0.3) is 0 Å². The zero-order valence-electron chi connectivity index (χ0n) is 15.8. The van der Waals surface area contributed by atoms with Crippen LogP contribution in [0.5, 0.6) is 11.5 Å². The first-order chi connectivity index (χ1) is 12.2. The van der Waals surface area contributed by atoms with Gasteiger partial charge in [-0.1, -0.05) is 33.6 Å². The van der Waals surface area contributed by atoms with Gasteiger partial charge in [-0.3, -0.25) is 4.79 Å². The molecule has 26 heavy (non-hydrogen) atoms. The lowest BCUT2D eigenvalue weighted by Gasteiger charge is -2.29. The Morgan fingerprint density at radius 3 is 2.42 bits per heavy atom. The number of esters is 1. The molecule has 0 saturated heterocycles. The highest BCUT2D eigenvalue weighted by atomic mass is 79.9. The summed E-state index contributed by atoms with van der Waals surface area (Å²) < 4.78 is 11.9. The van der Waals surface area contributed by atoms with Crippen LogP contribution in [-0.2, 0) is 9.53 Å². The molecule has 6 heteroatoms. The average molecular weight is 425 g/mol. The highest BCUT2D eigenvalue weighted by Gasteiger charge is 2.41. The summed E-state index contributed by atoms with van der Waals surface area (Å²) in [7, 11) is 0. The Hall–Kier alpha value is -1.82. The normalized spacial score (nSPS) is 21.6. The monoisotopic (exact) mass is 424 g/mol. The fourth-order valence-electron chi connectivity index (χ4n) is 2.79. The maximum Gasteiger partial charge on any atom is 0.348 e. The largest absolute Gasteiger partial charge is 0.507 e. The Kier molecular flexibility index (Phi) is 6.50. The number of rotatable bonds is 1. The van der Waals surface area contributed by atoms with Crippen molar-refractivity contribution < 1.29 is 24.2 Å². The van der Waals surface area contributed by atoms with Gasteiger partial charge in [0, 0.05) is 27.9 Å². The Morgan fingerprint density at radius 2 is 1.85 bits per heavy atom. The molecule has 1 aromatic rings. The Balaban J connectivity index is 0.000000552. The number of phenolic OH excluding ortho intramolecular Hbond substituents is 1. The summed E-state index contributed by atoms with van der Waals surface area (Å²) in [4.78, 5) is 24.4.